The maximum absolute atomic E-state index is 12.8. The second-order valence-corrected chi connectivity index (χ2v) is 10.8. The zero-order valence-electron chi connectivity index (χ0n) is 21.1. The molecule has 1 amide bonds. The fraction of sp³-hybridized carbons (Fsp3) is 0.692. The third kappa shape index (κ3) is 11.7. The molecule has 0 saturated heterocycles. The third-order valence-electron chi connectivity index (χ3n) is 4.95. The summed E-state index contributed by atoms with van der Waals surface area (Å²) in [6.45, 7) is 14.4. The Kier molecular flexibility index (Phi) is 12.7. The predicted octanol–water partition coefficient (Wildman–Crippen LogP) is 8.46. The number of thiophene rings is 1. The van der Waals surface area contributed by atoms with E-state index in [-0.39, 0.29) is 5.92 Å². The molecule has 1 heterocycles. The molecular formula is C26H43NO4S. The highest BCUT2D eigenvalue weighted by atomic mass is 32.1. The minimum Gasteiger partial charge on any atom is -0.456 e. The average molecular weight is 466 g/mol. The molecule has 0 bridgehead atoms. The molecule has 0 fully saturated rings. The Labute approximate surface area is 199 Å². The van der Waals surface area contributed by atoms with Crippen molar-refractivity contribution in [2.75, 3.05) is 11.9 Å². The van der Waals surface area contributed by atoms with Crippen LogP contribution in [-0.2, 0) is 9.47 Å². The van der Waals surface area contributed by atoms with Crippen LogP contribution in [0.15, 0.2) is 17.7 Å². The summed E-state index contributed by atoms with van der Waals surface area (Å²) < 4.78 is 10.9. The van der Waals surface area contributed by atoms with Crippen LogP contribution in [0.2, 0.25) is 0 Å². The largest absolute Gasteiger partial charge is 0.456 e. The summed E-state index contributed by atoms with van der Waals surface area (Å²) in [5, 5.41) is 3.28. The number of esters is 1. The maximum Gasteiger partial charge on any atom is 0.412 e. The number of nitrogens with one attached hydrogen (secondary N) is 1. The molecule has 1 N–H and O–H groups in total. The van der Waals surface area contributed by atoms with Crippen molar-refractivity contribution in [2.24, 2.45) is 0 Å². The number of rotatable bonds is 13. The van der Waals surface area contributed by atoms with Crippen molar-refractivity contribution in [1.29, 1.82) is 0 Å². The molecule has 0 aromatic carbocycles. The lowest BCUT2D eigenvalue weighted by atomic mass is 10.0. The molecule has 1 atom stereocenters. The van der Waals surface area contributed by atoms with Crippen LogP contribution in [-0.4, -0.2) is 24.3 Å². The molecule has 6 heteroatoms. The van der Waals surface area contributed by atoms with Crippen LogP contribution in [0.3, 0.4) is 0 Å². The number of carbonyl (C=O) groups is 2. The van der Waals surface area contributed by atoms with E-state index in [1.807, 2.05) is 26.8 Å². The number of unbranched alkanes of at least 4 members (excludes halogenated alkanes) is 5. The summed E-state index contributed by atoms with van der Waals surface area (Å²) in [7, 11) is 0. The van der Waals surface area contributed by atoms with Gasteiger partial charge in [0, 0.05) is 4.88 Å². The highest BCUT2D eigenvalue weighted by Gasteiger charge is 2.25. The van der Waals surface area contributed by atoms with Gasteiger partial charge in [0.25, 0.3) is 0 Å². The molecule has 5 nitrogen and oxygen atoms in total. The second-order valence-electron chi connectivity index (χ2n) is 9.68. The highest BCUT2D eigenvalue weighted by molar-refractivity contribution is 7.16. The Bertz CT molecular complexity index is 741. The Morgan fingerprint density at radius 1 is 1.12 bits per heavy atom. The molecule has 0 aliphatic heterocycles. The number of amides is 1. The van der Waals surface area contributed by atoms with E-state index in [0.717, 1.165) is 30.6 Å². The molecule has 182 valence electrons. The first-order chi connectivity index (χ1) is 15.0. The number of anilines is 1. The van der Waals surface area contributed by atoms with Gasteiger partial charge in [-0.2, -0.15) is 0 Å². The Hall–Kier alpha value is -1.82. The van der Waals surface area contributed by atoms with Crippen LogP contribution in [0.1, 0.15) is 121 Å². The molecule has 1 aromatic rings. The van der Waals surface area contributed by atoms with E-state index >= 15 is 0 Å². The predicted molar refractivity (Wildman–Crippen MR) is 135 cm³/mol. The van der Waals surface area contributed by atoms with E-state index in [9.17, 15) is 9.59 Å². The summed E-state index contributed by atoms with van der Waals surface area (Å²) in [6.07, 6.45) is 10.4. The first-order valence-electron chi connectivity index (χ1n) is 12.0. The van der Waals surface area contributed by atoms with Crippen molar-refractivity contribution in [3.63, 3.8) is 0 Å². The van der Waals surface area contributed by atoms with Crippen LogP contribution in [0, 0.1) is 0 Å². The summed E-state index contributed by atoms with van der Waals surface area (Å²) in [6, 6.07) is 1.86. The van der Waals surface area contributed by atoms with E-state index in [0.29, 0.717) is 17.2 Å². The SMILES string of the molecule is CCCCCCCCOC(=O)Nc1sc(C(C)CCC=C(C)C)cc1C(=O)OC(C)(C)C. The van der Waals surface area contributed by atoms with Gasteiger partial charge in [-0.15, -0.1) is 11.3 Å². The van der Waals surface area contributed by atoms with Crippen molar-refractivity contribution in [2.45, 2.75) is 111 Å². The zero-order chi connectivity index (χ0) is 24.1. The summed E-state index contributed by atoms with van der Waals surface area (Å²) in [4.78, 5) is 26.2. The quantitative estimate of drug-likeness (QED) is 0.180. The van der Waals surface area contributed by atoms with Crippen LogP contribution in [0.5, 0.6) is 0 Å². The van der Waals surface area contributed by atoms with Crippen molar-refractivity contribution >= 4 is 28.4 Å². The number of allylic oxidation sites excluding steroid dienone is 2. The van der Waals surface area contributed by atoms with Crippen LogP contribution in [0.25, 0.3) is 0 Å². The van der Waals surface area contributed by atoms with Gasteiger partial charge in [-0.05, 0) is 65.9 Å². The van der Waals surface area contributed by atoms with Crippen molar-refractivity contribution in [3.05, 3.63) is 28.2 Å². The average Bonchev–Trinajstić information content (AvgIpc) is 3.09. The van der Waals surface area contributed by atoms with Crippen molar-refractivity contribution < 1.29 is 19.1 Å². The lowest BCUT2D eigenvalue weighted by Crippen LogP contribution is -2.24. The summed E-state index contributed by atoms with van der Waals surface area (Å²) in [5.41, 5.74) is 1.09. The van der Waals surface area contributed by atoms with Crippen molar-refractivity contribution in [3.8, 4) is 0 Å². The Morgan fingerprint density at radius 3 is 2.41 bits per heavy atom. The monoisotopic (exact) mass is 465 g/mol. The van der Waals surface area contributed by atoms with Crippen LogP contribution >= 0.6 is 11.3 Å². The van der Waals surface area contributed by atoms with Gasteiger partial charge in [-0.1, -0.05) is 57.6 Å². The first kappa shape index (κ1) is 28.2. The fourth-order valence-corrected chi connectivity index (χ4v) is 4.29. The zero-order valence-corrected chi connectivity index (χ0v) is 22.0. The van der Waals surface area contributed by atoms with Gasteiger partial charge in [0.2, 0.25) is 0 Å². The molecule has 0 spiro atoms. The van der Waals surface area contributed by atoms with Gasteiger partial charge < -0.3 is 9.47 Å². The molecule has 0 saturated carbocycles. The van der Waals surface area contributed by atoms with Gasteiger partial charge in [0.15, 0.2) is 0 Å². The third-order valence-corrected chi connectivity index (χ3v) is 6.24. The minimum atomic E-state index is -0.607. The van der Waals surface area contributed by atoms with Gasteiger partial charge >= 0.3 is 12.1 Å². The van der Waals surface area contributed by atoms with E-state index in [4.69, 9.17) is 9.47 Å². The second kappa shape index (κ2) is 14.4. The first-order valence-corrected chi connectivity index (χ1v) is 12.8. The summed E-state index contributed by atoms with van der Waals surface area (Å²) in [5.74, 6) is -0.158. The Balaban J connectivity index is 2.78. The molecule has 1 unspecified atom stereocenters. The molecule has 32 heavy (non-hydrogen) atoms. The van der Waals surface area contributed by atoms with Gasteiger partial charge in [0.05, 0.1) is 12.2 Å². The number of carbonyl (C=O) groups excluding carboxylic acids is 2. The number of hydrogen-bond donors (Lipinski definition) is 1. The molecular weight excluding hydrogens is 422 g/mol. The van der Waals surface area contributed by atoms with Crippen LogP contribution < -0.4 is 5.32 Å². The van der Waals surface area contributed by atoms with E-state index in [2.05, 4.69) is 39.1 Å². The number of ether oxygens (including phenoxy) is 2. The van der Waals surface area contributed by atoms with Crippen molar-refractivity contribution in [1.82, 2.24) is 0 Å². The van der Waals surface area contributed by atoms with E-state index in [1.54, 1.807) is 0 Å². The molecule has 1 rings (SSSR count). The molecule has 0 radical (unpaired) electrons. The molecule has 0 aliphatic carbocycles. The standard InChI is InChI=1S/C26H43NO4S/c1-8-9-10-11-12-13-17-30-25(29)27-23-21(24(28)31-26(5,6)7)18-22(32-23)20(4)16-14-15-19(2)3/h15,18,20H,8-14,16-17H2,1-7H3,(H,27,29). The lowest BCUT2D eigenvalue weighted by molar-refractivity contribution is 0.00712. The Morgan fingerprint density at radius 2 is 1.78 bits per heavy atom. The van der Waals surface area contributed by atoms with Crippen LogP contribution in [0.4, 0.5) is 9.80 Å². The molecule has 1 aromatic heterocycles. The maximum atomic E-state index is 12.8. The minimum absolute atomic E-state index is 0.270. The number of hydrogen-bond acceptors (Lipinski definition) is 5. The van der Waals surface area contributed by atoms with Gasteiger partial charge in [-0.3, -0.25) is 5.32 Å². The fourth-order valence-electron chi connectivity index (χ4n) is 3.17. The molecule has 0 aliphatic rings. The normalized spacial score (nSPS) is 12.2. The van der Waals surface area contributed by atoms with Gasteiger partial charge in [-0.25, -0.2) is 9.59 Å². The smallest absolute Gasteiger partial charge is 0.412 e. The highest BCUT2D eigenvalue weighted by Crippen LogP contribution is 2.36. The topological polar surface area (TPSA) is 64.6 Å². The van der Waals surface area contributed by atoms with E-state index < -0.39 is 17.7 Å². The van der Waals surface area contributed by atoms with E-state index in [1.165, 1.54) is 42.6 Å². The summed E-state index contributed by atoms with van der Waals surface area (Å²) >= 11 is 1.43. The van der Waals surface area contributed by atoms with Gasteiger partial charge in [0.1, 0.15) is 10.6 Å². The lowest BCUT2D eigenvalue weighted by Gasteiger charge is -2.19.